The number of nitrogens with one attached hydrogen (secondary N) is 1. The third kappa shape index (κ3) is 3.46. The van der Waals surface area contributed by atoms with Gasteiger partial charge in [0.1, 0.15) is 5.69 Å². The Labute approximate surface area is 84.5 Å². The Morgan fingerprint density at radius 2 is 2.36 bits per heavy atom. The van der Waals surface area contributed by atoms with E-state index in [0.717, 1.165) is 18.7 Å². The second kappa shape index (κ2) is 6.01. The third-order valence-electron chi connectivity index (χ3n) is 1.65. The zero-order valence-electron chi connectivity index (χ0n) is 8.50. The van der Waals surface area contributed by atoms with Crippen molar-refractivity contribution < 1.29 is 4.74 Å². The van der Waals surface area contributed by atoms with E-state index in [-0.39, 0.29) is 0 Å². The minimum atomic E-state index is 0.602. The van der Waals surface area contributed by atoms with Gasteiger partial charge in [-0.3, -0.25) is 0 Å². The van der Waals surface area contributed by atoms with Gasteiger partial charge in [0.05, 0.1) is 7.11 Å². The molecular weight excluding hydrogens is 176 g/mol. The minimum absolute atomic E-state index is 0.602. The molecule has 1 heterocycles. The van der Waals surface area contributed by atoms with Gasteiger partial charge < -0.3 is 10.1 Å². The van der Waals surface area contributed by atoms with Gasteiger partial charge in [-0.05, 0) is 19.0 Å². The summed E-state index contributed by atoms with van der Waals surface area (Å²) < 4.78 is 4.99. The molecule has 3 heteroatoms. The summed E-state index contributed by atoms with van der Waals surface area (Å²) in [5.74, 6) is 6.60. The van der Waals surface area contributed by atoms with Crippen LogP contribution in [-0.2, 0) is 0 Å². The number of pyridine rings is 1. The van der Waals surface area contributed by atoms with Crippen molar-refractivity contribution in [3.63, 3.8) is 0 Å². The quantitative estimate of drug-likeness (QED) is 0.571. The molecule has 0 radical (unpaired) electrons. The zero-order chi connectivity index (χ0) is 10.2. The Hall–Kier alpha value is -1.53. The third-order valence-corrected chi connectivity index (χ3v) is 1.65. The molecule has 1 aromatic rings. The van der Waals surface area contributed by atoms with Crippen LogP contribution in [0.25, 0.3) is 0 Å². The van der Waals surface area contributed by atoms with E-state index in [1.54, 1.807) is 13.2 Å². The van der Waals surface area contributed by atoms with Crippen molar-refractivity contribution in [2.75, 3.05) is 20.7 Å². The summed E-state index contributed by atoms with van der Waals surface area (Å²) in [7, 11) is 3.51. The SMILES string of the molecule is CNCCC#Cc1cccc(OC)n1. The number of hydrogen-bond donors (Lipinski definition) is 1. The first-order valence-corrected chi connectivity index (χ1v) is 4.51. The molecule has 0 saturated carbocycles. The van der Waals surface area contributed by atoms with Crippen molar-refractivity contribution >= 4 is 0 Å². The highest BCUT2D eigenvalue weighted by Crippen LogP contribution is 2.04. The first kappa shape index (κ1) is 10.6. The van der Waals surface area contributed by atoms with Crippen molar-refractivity contribution in [1.29, 1.82) is 0 Å². The van der Waals surface area contributed by atoms with E-state index in [4.69, 9.17) is 4.74 Å². The predicted molar refractivity (Wildman–Crippen MR) is 56.2 cm³/mol. The molecular formula is C11H14N2O. The molecule has 3 nitrogen and oxygen atoms in total. The molecule has 1 aromatic heterocycles. The summed E-state index contributed by atoms with van der Waals surface area (Å²) in [5, 5.41) is 3.03. The maximum absolute atomic E-state index is 4.99. The fourth-order valence-electron chi connectivity index (χ4n) is 0.939. The van der Waals surface area contributed by atoms with Crippen LogP contribution in [0.2, 0.25) is 0 Å². The van der Waals surface area contributed by atoms with Crippen LogP contribution >= 0.6 is 0 Å². The van der Waals surface area contributed by atoms with Crippen molar-refractivity contribution in [3.8, 4) is 17.7 Å². The molecule has 0 spiro atoms. The molecule has 0 saturated heterocycles. The van der Waals surface area contributed by atoms with E-state index >= 15 is 0 Å². The van der Waals surface area contributed by atoms with E-state index in [0.29, 0.717) is 5.88 Å². The van der Waals surface area contributed by atoms with Crippen LogP contribution < -0.4 is 10.1 Å². The average Bonchev–Trinajstić information content (AvgIpc) is 2.25. The fourth-order valence-corrected chi connectivity index (χ4v) is 0.939. The Kier molecular flexibility index (Phi) is 4.53. The van der Waals surface area contributed by atoms with Crippen LogP contribution in [0.15, 0.2) is 18.2 Å². The Morgan fingerprint density at radius 3 is 3.07 bits per heavy atom. The van der Waals surface area contributed by atoms with Crippen LogP contribution in [0.4, 0.5) is 0 Å². The topological polar surface area (TPSA) is 34.1 Å². The summed E-state index contributed by atoms with van der Waals surface area (Å²) in [6.07, 6.45) is 0.829. The Balaban J connectivity index is 2.60. The summed E-state index contributed by atoms with van der Waals surface area (Å²) in [4.78, 5) is 4.17. The van der Waals surface area contributed by atoms with Gasteiger partial charge in [0.15, 0.2) is 0 Å². The van der Waals surface area contributed by atoms with Gasteiger partial charge in [0.25, 0.3) is 0 Å². The molecule has 0 atom stereocenters. The molecule has 74 valence electrons. The van der Waals surface area contributed by atoms with E-state index in [1.807, 2.05) is 19.2 Å². The highest BCUT2D eigenvalue weighted by molar-refractivity contribution is 5.30. The second-order valence-corrected chi connectivity index (χ2v) is 2.72. The summed E-state index contributed by atoms with van der Waals surface area (Å²) in [6, 6.07) is 5.56. The van der Waals surface area contributed by atoms with Crippen molar-refractivity contribution in [1.82, 2.24) is 10.3 Å². The molecule has 0 bridgehead atoms. The van der Waals surface area contributed by atoms with Crippen LogP contribution in [-0.4, -0.2) is 25.7 Å². The van der Waals surface area contributed by atoms with Gasteiger partial charge >= 0.3 is 0 Å². The highest BCUT2D eigenvalue weighted by atomic mass is 16.5. The lowest BCUT2D eigenvalue weighted by molar-refractivity contribution is 0.397. The standard InChI is InChI=1S/C11H14N2O/c1-12-9-4-3-6-10-7-5-8-11(13-10)14-2/h5,7-8,12H,4,9H2,1-2H3. The molecule has 0 aliphatic heterocycles. The van der Waals surface area contributed by atoms with E-state index in [9.17, 15) is 0 Å². The number of hydrogen-bond acceptors (Lipinski definition) is 3. The molecule has 14 heavy (non-hydrogen) atoms. The van der Waals surface area contributed by atoms with Gasteiger partial charge in [0, 0.05) is 19.0 Å². The molecule has 0 amide bonds. The second-order valence-electron chi connectivity index (χ2n) is 2.72. The minimum Gasteiger partial charge on any atom is -0.481 e. The predicted octanol–water partition coefficient (Wildman–Crippen LogP) is 1.05. The Morgan fingerprint density at radius 1 is 1.50 bits per heavy atom. The van der Waals surface area contributed by atoms with Crippen molar-refractivity contribution in [3.05, 3.63) is 23.9 Å². The van der Waals surface area contributed by atoms with Crippen LogP contribution in [0.5, 0.6) is 5.88 Å². The summed E-state index contributed by atoms with van der Waals surface area (Å²) in [5.41, 5.74) is 0.750. The van der Waals surface area contributed by atoms with E-state index in [2.05, 4.69) is 22.1 Å². The number of nitrogens with zero attached hydrogens (tertiary/aromatic N) is 1. The smallest absolute Gasteiger partial charge is 0.214 e. The molecule has 1 rings (SSSR count). The summed E-state index contributed by atoms with van der Waals surface area (Å²) >= 11 is 0. The fraction of sp³-hybridized carbons (Fsp3) is 0.364. The lowest BCUT2D eigenvalue weighted by Crippen LogP contribution is -2.05. The van der Waals surface area contributed by atoms with Crippen LogP contribution in [0.3, 0.4) is 0 Å². The van der Waals surface area contributed by atoms with Crippen LogP contribution in [0, 0.1) is 11.8 Å². The molecule has 0 unspecified atom stereocenters. The monoisotopic (exact) mass is 190 g/mol. The largest absolute Gasteiger partial charge is 0.481 e. The molecule has 0 fully saturated rings. The first-order chi connectivity index (χ1) is 6.86. The van der Waals surface area contributed by atoms with E-state index in [1.165, 1.54) is 0 Å². The van der Waals surface area contributed by atoms with Gasteiger partial charge in [-0.15, -0.1) is 0 Å². The molecule has 1 N–H and O–H groups in total. The van der Waals surface area contributed by atoms with Crippen molar-refractivity contribution in [2.45, 2.75) is 6.42 Å². The maximum atomic E-state index is 4.99. The molecule has 0 aliphatic carbocycles. The number of aromatic nitrogens is 1. The van der Waals surface area contributed by atoms with Crippen molar-refractivity contribution in [2.24, 2.45) is 0 Å². The van der Waals surface area contributed by atoms with E-state index < -0.39 is 0 Å². The maximum Gasteiger partial charge on any atom is 0.214 e. The molecule has 0 aromatic carbocycles. The Bertz CT molecular complexity index is 339. The van der Waals surface area contributed by atoms with Gasteiger partial charge in [-0.2, -0.15) is 0 Å². The number of ether oxygens (including phenoxy) is 1. The number of rotatable bonds is 3. The number of methoxy groups -OCH3 is 1. The lowest BCUT2D eigenvalue weighted by Gasteiger charge is -1.96. The van der Waals surface area contributed by atoms with Crippen LogP contribution in [0.1, 0.15) is 12.1 Å². The first-order valence-electron chi connectivity index (χ1n) is 4.51. The average molecular weight is 190 g/mol. The highest BCUT2D eigenvalue weighted by Gasteiger charge is 1.91. The zero-order valence-corrected chi connectivity index (χ0v) is 8.50. The van der Waals surface area contributed by atoms with Gasteiger partial charge in [-0.25, -0.2) is 4.98 Å². The van der Waals surface area contributed by atoms with Gasteiger partial charge in [-0.1, -0.05) is 12.0 Å². The molecule has 0 aliphatic rings. The summed E-state index contributed by atoms with van der Waals surface area (Å²) in [6.45, 7) is 0.900. The van der Waals surface area contributed by atoms with Gasteiger partial charge in [0.2, 0.25) is 5.88 Å². The normalized spacial score (nSPS) is 9.00. The lowest BCUT2D eigenvalue weighted by atomic mass is 10.3.